The van der Waals surface area contributed by atoms with Crippen LogP contribution in [0.5, 0.6) is 0 Å². The van der Waals surface area contributed by atoms with E-state index >= 15 is 0 Å². The minimum atomic E-state index is 0.606. The molecule has 1 aliphatic rings. The lowest BCUT2D eigenvalue weighted by Crippen LogP contribution is -2.47. The van der Waals surface area contributed by atoms with Crippen LogP contribution >= 0.6 is 15.9 Å². The summed E-state index contributed by atoms with van der Waals surface area (Å²) in [4.78, 5) is 2.57. The molecule has 100 valence electrons. The number of aryl methyl sites for hydroxylation is 2. The maximum Gasteiger partial charge on any atom is 0.0428 e. The quantitative estimate of drug-likeness (QED) is 0.897. The summed E-state index contributed by atoms with van der Waals surface area (Å²) in [6.07, 6.45) is 2.46. The van der Waals surface area contributed by atoms with Gasteiger partial charge in [0.1, 0.15) is 0 Å². The summed E-state index contributed by atoms with van der Waals surface area (Å²) in [5.41, 5.74) is 4.17. The summed E-state index contributed by atoms with van der Waals surface area (Å²) in [5.74, 6) is 0. The van der Waals surface area contributed by atoms with Crippen molar-refractivity contribution in [2.45, 2.75) is 45.7 Å². The Morgan fingerprint density at radius 3 is 2.39 bits per heavy atom. The third kappa shape index (κ3) is 2.72. The molecule has 2 unspecified atom stereocenters. The zero-order chi connectivity index (χ0) is 13.3. The first-order valence-corrected chi connectivity index (χ1v) is 7.53. The van der Waals surface area contributed by atoms with Gasteiger partial charge in [0.05, 0.1) is 0 Å². The van der Waals surface area contributed by atoms with Crippen LogP contribution in [0.2, 0.25) is 0 Å². The molecule has 2 atom stereocenters. The molecule has 0 amide bonds. The van der Waals surface area contributed by atoms with E-state index < -0.39 is 0 Å². The normalized spacial score (nSPS) is 24.4. The Morgan fingerprint density at radius 2 is 1.89 bits per heavy atom. The predicted octanol–water partition coefficient (Wildman–Crippen LogP) is 3.64. The van der Waals surface area contributed by atoms with E-state index in [9.17, 15) is 0 Å². The van der Waals surface area contributed by atoms with Gasteiger partial charge in [-0.2, -0.15) is 0 Å². The topological polar surface area (TPSA) is 15.3 Å². The van der Waals surface area contributed by atoms with Crippen LogP contribution in [0, 0.1) is 13.8 Å². The van der Waals surface area contributed by atoms with Gasteiger partial charge in [-0.25, -0.2) is 0 Å². The second-order valence-electron chi connectivity index (χ2n) is 5.44. The summed E-state index contributed by atoms with van der Waals surface area (Å²) >= 11 is 3.58. The number of nitrogens with zero attached hydrogens (tertiary/aromatic N) is 1. The van der Waals surface area contributed by atoms with E-state index in [4.69, 9.17) is 0 Å². The van der Waals surface area contributed by atoms with Crippen LogP contribution in [0.3, 0.4) is 0 Å². The molecule has 0 bridgehead atoms. The van der Waals surface area contributed by atoms with E-state index in [0.717, 1.165) is 6.54 Å². The van der Waals surface area contributed by atoms with Crippen molar-refractivity contribution in [3.63, 3.8) is 0 Å². The molecule has 1 aliphatic heterocycles. The molecule has 2 nitrogen and oxygen atoms in total. The highest BCUT2D eigenvalue weighted by atomic mass is 79.9. The fraction of sp³-hybridized carbons (Fsp3) is 0.600. The molecule has 1 aromatic carbocycles. The molecule has 18 heavy (non-hydrogen) atoms. The molecule has 1 saturated heterocycles. The molecular weight excluding hydrogens is 288 g/mol. The minimum Gasteiger partial charge on any atom is -0.368 e. The van der Waals surface area contributed by atoms with Crippen LogP contribution in [-0.4, -0.2) is 25.7 Å². The largest absolute Gasteiger partial charge is 0.368 e. The fourth-order valence-electron chi connectivity index (χ4n) is 3.12. The van der Waals surface area contributed by atoms with Gasteiger partial charge in [0.25, 0.3) is 0 Å². The minimum absolute atomic E-state index is 0.606. The summed E-state index contributed by atoms with van der Waals surface area (Å²) in [5, 5.41) is 3.41. The standard InChI is InChI=1S/C15H23BrN2/c1-10-7-13(16)8-11(2)15(10)18-6-5-14(17-4)9-12(18)3/h7-8,12,14,17H,5-6,9H2,1-4H3. The van der Waals surface area contributed by atoms with Crippen molar-refractivity contribution in [3.05, 3.63) is 27.7 Å². The highest BCUT2D eigenvalue weighted by molar-refractivity contribution is 9.10. The van der Waals surface area contributed by atoms with Crippen molar-refractivity contribution in [2.24, 2.45) is 0 Å². The van der Waals surface area contributed by atoms with E-state index in [1.54, 1.807) is 0 Å². The number of benzene rings is 1. The lowest BCUT2D eigenvalue weighted by molar-refractivity contribution is 0.386. The van der Waals surface area contributed by atoms with Gasteiger partial charge in [-0.15, -0.1) is 0 Å². The van der Waals surface area contributed by atoms with Crippen LogP contribution < -0.4 is 10.2 Å². The van der Waals surface area contributed by atoms with E-state index in [2.05, 4.69) is 66.1 Å². The van der Waals surface area contributed by atoms with Crippen molar-refractivity contribution in [1.29, 1.82) is 0 Å². The smallest absolute Gasteiger partial charge is 0.0428 e. The van der Waals surface area contributed by atoms with Gasteiger partial charge in [0.2, 0.25) is 0 Å². The Labute approximate surface area is 119 Å². The van der Waals surface area contributed by atoms with Crippen molar-refractivity contribution in [2.75, 3.05) is 18.5 Å². The first-order valence-electron chi connectivity index (χ1n) is 6.73. The molecule has 1 N–H and O–H groups in total. The Hall–Kier alpha value is -0.540. The molecule has 3 heteroatoms. The number of hydrogen-bond donors (Lipinski definition) is 1. The number of nitrogens with one attached hydrogen (secondary N) is 1. The average Bonchev–Trinajstić information content (AvgIpc) is 2.29. The predicted molar refractivity (Wildman–Crippen MR) is 82.5 cm³/mol. The Bertz CT molecular complexity index is 407. The van der Waals surface area contributed by atoms with Gasteiger partial charge in [0.15, 0.2) is 0 Å². The van der Waals surface area contributed by atoms with Crippen LogP contribution in [0.15, 0.2) is 16.6 Å². The second kappa shape index (κ2) is 5.62. The van der Waals surface area contributed by atoms with Gasteiger partial charge < -0.3 is 10.2 Å². The third-order valence-electron chi connectivity index (χ3n) is 4.03. The Kier molecular flexibility index (Phi) is 4.33. The molecule has 0 saturated carbocycles. The zero-order valence-corrected chi connectivity index (χ0v) is 13.3. The van der Waals surface area contributed by atoms with Gasteiger partial charge in [0, 0.05) is 28.8 Å². The van der Waals surface area contributed by atoms with Crippen molar-refractivity contribution < 1.29 is 0 Å². The van der Waals surface area contributed by atoms with Crippen LogP contribution in [0.1, 0.15) is 30.9 Å². The SMILES string of the molecule is CNC1CCN(c2c(C)cc(Br)cc2C)C(C)C1. The van der Waals surface area contributed by atoms with Crippen LogP contribution in [-0.2, 0) is 0 Å². The Balaban J connectivity index is 2.27. The first kappa shape index (κ1) is 13.9. The molecule has 2 rings (SSSR count). The molecule has 1 heterocycles. The molecule has 1 fully saturated rings. The number of rotatable bonds is 2. The van der Waals surface area contributed by atoms with E-state index in [1.807, 2.05) is 0 Å². The summed E-state index contributed by atoms with van der Waals surface area (Å²) in [7, 11) is 2.07. The molecule has 0 aromatic heterocycles. The number of piperidine rings is 1. The van der Waals surface area contributed by atoms with Crippen LogP contribution in [0.4, 0.5) is 5.69 Å². The monoisotopic (exact) mass is 310 g/mol. The molecular formula is C15H23BrN2. The van der Waals surface area contributed by atoms with Crippen molar-refractivity contribution in [3.8, 4) is 0 Å². The number of anilines is 1. The molecule has 0 radical (unpaired) electrons. The zero-order valence-electron chi connectivity index (χ0n) is 11.8. The maximum absolute atomic E-state index is 3.58. The van der Waals surface area contributed by atoms with E-state index in [1.165, 1.54) is 34.1 Å². The molecule has 0 spiro atoms. The summed E-state index contributed by atoms with van der Waals surface area (Å²) in [6, 6.07) is 5.72. The van der Waals surface area contributed by atoms with E-state index in [-0.39, 0.29) is 0 Å². The van der Waals surface area contributed by atoms with Gasteiger partial charge in [-0.1, -0.05) is 15.9 Å². The van der Waals surface area contributed by atoms with Crippen molar-refractivity contribution >= 4 is 21.6 Å². The highest BCUT2D eigenvalue weighted by Crippen LogP contribution is 2.32. The molecule has 1 aromatic rings. The summed E-state index contributed by atoms with van der Waals surface area (Å²) < 4.78 is 1.18. The fourth-order valence-corrected chi connectivity index (χ4v) is 3.81. The van der Waals surface area contributed by atoms with Gasteiger partial charge in [-0.05, 0) is 63.9 Å². The lowest BCUT2D eigenvalue weighted by atomic mass is 9.95. The second-order valence-corrected chi connectivity index (χ2v) is 6.36. The molecule has 0 aliphatic carbocycles. The number of hydrogen-bond acceptors (Lipinski definition) is 2. The summed E-state index contributed by atoms with van der Waals surface area (Å²) in [6.45, 7) is 7.91. The van der Waals surface area contributed by atoms with E-state index in [0.29, 0.717) is 12.1 Å². The van der Waals surface area contributed by atoms with Gasteiger partial charge >= 0.3 is 0 Å². The van der Waals surface area contributed by atoms with Crippen LogP contribution in [0.25, 0.3) is 0 Å². The van der Waals surface area contributed by atoms with Crippen molar-refractivity contribution in [1.82, 2.24) is 5.32 Å². The Morgan fingerprint density at radius 1 is 1.28 bits per heavy atom. The first-order chi connectivity index (χ1) is 8.52. The highest BCUT2D eigenvalue weighted by Gasteiger charge is 2.26. The van der Waals surface area contributed by atoms with Gasteiger partial charge in [-0.3, -0.25) is 0 Å². The maximum atomic E-state index is 3.58. The third-order valence-corrected chi connectivity index (χ3v) is 4.49. The number of halogens is 1. The lowest BCUT2D eigenvalue weighted by Gasteiger charge is -2.40. The average molecular weight is 311 g/mol.